The quantitative estimate of drug-likeness (QED) is 0.871. The molecule has 0 bridgehead atoms. The third-order valence-electron chi connectivity index (χ3n) is 6.10. The normalized spacial score (nSPS) is 37.7. The van der Waals surface area contributed by atoms with E-state index in [4.69, 9.17) is 4.74 Å². The van der Waals surface area contributed by atoms with Crippen molar-refractivity contribution in [3.8, 4) is 0 Å². The Labute approximate surface area is 136 Å². The Morgan fingerprint density at radius 1 is 1.39 bits per heavy atom. The van der Waals surface area contributed by atoms with Crippen LogP contribution in [0.15, 0.2) is 30.3 Å². The molecule has 1 aromatic carbocycles. The van der Waals surface area contributed by atoms with E-state index < -0.39 is 5.41 Å². The minimum Gasteiger partial charge on any atom is -0.465 e. The number of ether oxygens (including phenoxy) is 1. The first-order valence-electron chi connectivity index (χ1n) is 8.41. The summed E-state index contributed by atoms with van der Waals surface area (Å²) in [7, 11) is 0. The summed E-state index contributed by atoms with van der Waals surface area (Å²) in [6.45, 7) is 5.06. The van der Waals surface area contributed by atoms with E-state index in [-0.39, 0.29) is 30.0 Å². The average Bonchev–Trinajstić information content (AvgIpc) is 2.99. The van der Waals surface area contributed by atoms with Gasteiger partial charge in [-0.15, -0.1) is 0 Å². The number of amides is 2. The fraction of sp³-hybridized carbons (Fsp3) is 0.556. The third kappa shape index (κ3) is 1.68. The molecule has 0 aromatic heterocycles. The molecule has 2 amide bonds. The van der Waals surface area contributed by atoms with Crippen molar-refractivity contribution in [2.45, 2.75) is 32.4 Å². The molecule has 2 aliphatic heterocycles. The molecule has 4 rings (SSSR count). The number of nitrogens with one attached hydrogen (secondary N) is 1. The van der Waals surface area contributed by atoms with Crippen molar-refractivity contribution in [2.75, 3.05) is 13.2 Å². The monoisotopic (exact) mass is 314 g/mol. The van der Waals surface area contributed by atoms with Crippen molar-refractivity contribution in [2.24, 2.45) is 17.3 Å². The molecule has 2 heterocycles. The van der Waals surface area contributed by atoms with E-state index >= 15 is 0 Å². The molecule has 5 atom stereocenters. The smallest absolute Gasteiger partial charge is 0.318 e. The van der Waals surface area contributed by atoms with Crippen LogP contribution in [0.25, 0.3) is 0 Å². The Balaban J connectivity index is 1.83. The fourth-order valence-electron chi connectivity index (χ4n) is 5.13. The van der Waals surface area contributed by atoms with Crippen LogP contribution in [-0.4, -0.2) is 36.1 Å². The van der Waals surface area contributed by atoms with Crippen LogP contribution in [0.5, 0.6) is 0 Å². The lowest BCUT2D eigenvalue weighted by atomic mass is 9.46. The first kappa shape index (κ1) is 14.5. The predicted octanol–water partition coefficient (Wildman–Crippen LogP) is 2.34. The molecule has 1 N–H and O–H groups in total. The van der Waals surface area contributed by atoms with E-state index in [2.05, 4.69) is 12.2 Å². The van der Waals surface area contributed by atoms with Gasteiger partial charge in [-0.3, -0.25) is 4.79 Å². The predicted molar refractivity (Wildman–Crippen MR) is 84.5 cm³/mol. The Kier molecular flexibility index (Phi) is 3.15. The fourth-order valence-corrected chi connectivity index (χ4v) is 5.13. The molecular formula is C18H22N2O3. The number of benzene rings is 1. The summed E-state index contributed by atoms with van der Waals surface area (Å²) in [5.41, 5.74) is 0.303. The van der Waals surface area contributed by atoms with Gasteiger partial charge in [0.15, 0.2) is 0 Å². The number of urea groups is 1. The molecule has 1 aromatic rings. The lowest BCUT2D eigenvalue weighted by Crippen LogP contribution is -2.76. The van der Waals surface area contributed by atoms with E-state index in [1.807, 2.05) is 42.2 Å². The summed E-state index contributed by atoms with van der Waals surface area (Å²) in [5, 5.41) is 3.09. The van der Waals surface area contributed by atoms with Gasteiger partial charge in [0.05, 0.1) is 18.7 Å². The summed E-state index contributed by atoms with van der Waals surface area (Å²) in [6.07, 6.45) is 0.974. The van der Waals surface area contributed by atoms with Gasteiger partial charge in [-0.25, -0.2) is 4.79 Å². The van der Waals surface area contributed by atoms with Gasteiger partial charge in [-0.05, 0) is 30.7 Å². The van der Waals surface area contributed by atoms with Crippen LogP contribution in [0, 0.1) is 17.3 Å². The van der Waals surface area contributed by atoms with Gasteiger partial charge in [0.25, 0.3) is 0 Å². The maximum absolute atomic E-state index is 13.0. The molecular weight excluding hydrogens is 292 g/mol. The van der Waals surface area contributed by atoms with Crippen molar-refractivity contribution in [3.63, 3.8) is 0 Å². The minimum atomic E-state index is -0.674. The molecule has 23 heavy (non-hydrogen) atoms. The van der Waals surface area contributed by atoms with Crippen LogP contribution in [0.2, 0.25) is 0 Å². The number of hydrogen-bond donors (Lipinski definition) is 1. The van der Waals surface area contributed by atoms with Gasteiger partial charge in [0.1, 0.15) is 5.41 Å². The third-order valence-corrected chi connectivity index (χ3v) is 6.10. The largest absolute Gasteiger partial charge is 0.465 e. The van der Waals surface area contributed by atoms with Crippen LogP contribution in [0.4, 0.5) is 4.79 Å². The Morgan fingerprint density at radius 2 is 2.13 bits per heavy atom. The molecule has 3 aliphatic rings. The molecule has 122 valence electrons. The molecule has 1 unspecified atom stereocenters. The van der Waals surface area contributed by atoms with Crippen molar-refractivity contribution in [1.82, 2.24) is 10.2 Å². The highest BCUT2D eigenvalue weighted by Crippen LogP contribution is 2.65. The van der Waals surface area contributed by atoms with E-state index in [0.717, 1.165) is 18.5 Å². The van der Waals surface area contributed by atoms with Crippen LogP contribution in [0.1, 0.15) is 31.9 Å². The second-order valence-electron chi connectivity index (χ2n) is 6.83. The second-order valence-corrected chi connectivity index (χ2v) is 6.83. The number of carbonyl (C=O) groups is 2. The molecule has 1 aliphatic carbocycles. The van der Waals surface area contributed by atoms with Crippen molar-refractivity contribution in [3.05, 3.63) is 35.9 Å². The maximum atomic E-state index is 13.0. The van der Waals surface area contributed by atoms with Crippen LogP contribution in [-0.2, 0) is 9.53 Å². The van der Waals surface area contributed by atoms with E-state index in [9.17, 15) is 9.59 Å². The van der Waals surface area contributed by atoms with Gasteiger partial charge < -0.3 is 15.0 Å². The van der Waals surface area contributed by atoms with Crippen LogP contribution < -0.4 is 5.32 Å². The van der Waals surface area contributed by atoms with Crippen LogP contribution in [0.3, 0.4) is 0 Å². The van der Waals surface area contributed by atoms with Gasteiger partial charge in [-0.1, -0.05) is 37.3 Å². The molecule has 2 saturated heterocycles. The number of carbonyl (C=O) groups excluding carboxylic acids is 2. The van der Waals surface area contributed by atoms with E-state index in [1.54, 1.807) is 0 Å². The summed E-state index contributed by atoms with van der Waals surface area (Å²) < 4.78 is 5.47. The number of rotatable bonds is 3. The minimum absolute atomic E-state index is 0.0319. The van der Waals surface area contributed by atoms with Crippen molar-refractivity contribution in [1.29, 1.82) is 0 Å². The van der Waals surface area contributed by atoms with Gasteiger partial charge in [0.2, 0.25) is 0 Å². The molecule has 0 spiro atoms. The Morgan fingerprint density at radius 3 is 2.83 bits per heavy atom. The summed E-state index contributed by atoms with van der Waals surface area (Å²) in [4.78, 5) is 27.4. The lowest BCUT2D eigenvalue weighted by Gasteiger charge is -2.63. The summed E-state index contributed by atoms with van der Waals surface area (Å²) in [5.74, 6) is 0.425. The molecule has 0 radical (unpaired) electrons. The van der Waals surface area contributed by atoms with Gasteiger partial charge in [-0.2, -0.15) is 0 Å². The SMILES string of the molecule is CCOC(=O)[C@@]12C3[C@@H](CCN3C(=O)N[C@@H]1c1ccccc1)[C@@H]2C. The molecule has 3 fully saturated rings. The maximum Gasteiger partial charge on any atom is 0.318 e. The average molecular weight is 314 g/mol. The highest BCUT2D eigenvalue weighted by Gasteiger charge is 2.75. The molecule has 1 saturated carbocycles. The zero-order valence-electron chi connectivity index (χ0n) is 13.5. The van der Waals surface area contributed by atoms with E-state index in [1.165, 1.54) is 0 Å². The number of esters is 1. The Bertz CT molecular complexity index is 647. The molecule has 5 heteroatoms. The van der Waals surface area contributed by atoms with E-state index in [0.29, 0.717) is 12.5 Å². The van der Waals surface area contributed by atoms with Gasteiger partial charge >= 0.3 is 12.0 Å². The highest BCUT2D eigenvalue weighted by molar-refractivity contribution is 5.88. The first-order valence-corrected chi connectivity index (χ1v) is 8.41. The van der Waals surface area contributed by atoms with Crippen molar-refractivity contribution < 1.29 is 14.3 Å². The van der Waals surface area contributed by atoms with Gasteiger partial charge in [0, 0.05) is 6.54 Å². The Hall–Kier alpha value is -2.04. The zero-order valence-corrected chi connectivity index (χ0v) is 13.5. The standard InChI is InChI=1S/C18H22N2O3/c1-3-23-16(21)18-11(2)13-9-10-20(15(13)18)17(22)19-14(18)12-7-5-4-6-8-12/h4-8,11,13-15H,3,9-10H2,1-2H3,(H,19,22)/t11-,13-,14+,15?,18+/m0/s1. The second kappa shape index (κ2) is 4.98. The summed E-state index contributed by atoms with van der Waals surface area (Å²) >= 11 is 0. The topological polar surface area (TPSA) is 58.6 Å². The van der Waals surface area contributed by atoms with Crippen LogP contribution >= 0.6 is 0 Å². The summed E-state index contributed by atoms with van der Waals surface area (Å²) in [6, 6.07) is 9.40. The zero-order chi connectivity index (χ0) is 16.2. The van der Waals surface area contributed by atoms with Crippen molar-refractivity contribution >= 4 is 12.0 Å². The number of nitrogens with zero attached hydrogens (tertiary/aromatic N) is 1. The number of hydrogen-bond acceptors (Lipinski definition) is 3. The molecule has 5 nitrogen and oxygen atoms in total. The highest BCUT2D eigenvalue weighted by atomic mass is 16.5. The first-order chi connectivity index (χ1) is 11.1. The lowest BCUT2D eigenvalue weighted by molar-refractivity contribution is -0.194.